The number of aromatic nitrogens is 2. The molecule has 2 aliphatic rings. The molecule has 2 aromatic heterocycles. The van der Waals surface area contributed by atoms with Crippen molar-refractivity contribution in [1.82, 2.24) is 14.5 Å². The van der Waals surface area contributed by atoms with Gasteiger partial charge in [-0.25, -0.2) is 4.98 Å². The molecule has 0 aromatic carbocycles. The van der Waals surface area contributed by atoms with Crippen LogP contribution in [0.5, 0.6) is 0 Å². The van der Waals surface area contributed by atoms with Crippen LogP contribution >= 0.6 is 11.3 Å². The van der Waals surface area contributed by atoms with E-state index in [4.69, 9.17) is 9.72 Å². The average Bonchev–Trinajstić information content (AvgIpc) is 2.79. The Balaban J connectivity index is 1.79. The first-order valence-corrected chi connectivity index (χ1v) is 10.2. The van der Waals surface area contributed by atoms with E-state index in [1.807, 2.05) is 30.2 Å². The predicted molar refractivity (Wildman–Crippen MR) is 102 cm³/mol. The topological polar surface area (TPSA) is 64.4 Å². The van der Waals surface area contributed by atoms with Crippen molar-refractivity contribution in [2.75, 3.05) is 13.2 Å². The molecular weight excluding hydrogens is 350 g/mol. The molecule has 2 aromatic rings. The molecule has 0 bridgehead atoms. The van der Waals surface area contributed by atoms with Crippen LogP contribution in [0.4, 0.5) is 0 Å². The van der Waals surface area contributed by atoms with E-state index < -0.39 is 0 Å². The number of ether oxygens (including phenoxy) is 1. The van der Waals surface area contributed by atoms with Gasteiger partial charge >= 0.3 is 0 Å². The third kappa shape index (κ3) is 2.87. The number of amides is 1. The summed E-state index contributed by atoms with van der Waals surface area (Å²) in [6.07, 6.45) is 4.08. The minimum atomic E-state index is -0.00672. The van der Waals surface area contributed by atoms with Crippen molar-refractivity contribution >= 4 is 27.5 Å². The van der Waals surface area contributed by atoms with Crippen LogP contribution in [0.1, 0.15) is 54.2 Å². The Bertz CT molecular complexity index is 917. The Morgan fingerprint density at radius 1 is 1.27 bits per heavy atom. The zero-order chi connectivity index (χ0) is 18.4. The molecule has 0 radical (unpaired) electrons. The Hall–Kier alpha value is -1.73. The molecule has 2 aliphatic heterocycles. The normalized spacial score (nSPS) is 23.7. The van der Waals surface area contributed by atoms with E-state index in [-0.39, 0.29) is 23.6 Å². The number of nitrogens with zero attached hydrogens (tertiary/aromatic N) is 3. The fourth-order valence-corrected chi connectivity index (χ4v) is 5.08. The van der Waals surface area contributed by atoms with E-state index in [9.17, 15) is 9.59 Å². The number of aryl methyl sites for hydroxylation is 2. The molecule has 1 fully saturated rings. The highest BCUT2D eigenvalue weighted by Crippen LogP contribution is 2.30. The van der Waals surface area contributed by atoms with Gasteiger partial charge < -0.3 is 9.64 Å². The summed E-state index contributed by atoms with van der Waals surface area (Å²) in [5.41, 5.74) is 0.793. The number of morpholine rings is 1. The second-order valence-electron chi connectivity index (χ2n) is 7.48. The van der Waals surface area contributed by atoms with Crippen LogP contribution in [0.2, 0.25) is 0 Å². The van der Waals surface area contributed by atoms with Crippen LogP contribution in [0.25, 0.3) is 10.2 Å². The molecule has 7 heteroatoms. The lowest BCUT2D eigenvalue weighted by molar-refractivity contribution is -0.0385. The lowest BCUT2D eigenvalue weighted by Crippen LogP contribution is -2.50. The highest BCUT2D eigenvalue weighted by atomic mass is 32.1. The monoisotopic (exact) mass is 375 g/mol. The Morgan fingerprint density at radius 3 is 2.88 bits per heavy atom. The van der Waals surface area contributed by atoms with E-state index in [0.29, 0.717) is 28.2 Å². The second kappa shape index (κ2) is 6.78. The Labute approximate surface area is 156 Å². The maximum absolute atomic E-state index is 13.2. The van der Waals surface area contributed by atoms with Gasteiger partial charge in [0.2, 0.25) is 0 Å². The summed E-state index contributed by atoms with van der Waals surface area (Å²) in [7, 11) is 0. The molecule has 0 spiro atoms. The van der Waals surface area contributed by atoms with Crippen molar-refractivity contribution < 1.29 is 9.53 Å². The van der Waals surface area contributed by atoms with Gasteiger partial charge in [0, 0.05) is 19.5 Å². The summed E-state index contributed by atoms with van der Waals surface area (Å²) < 4.78 is 7.46. The number of thiophene rings is 1. The van der Waals surface area contributed by atoms with Crippen molar-refractivity contribution in [3.63, 3.8) is 0 Å². The molecule has 2 atom stereocenters. The van der Waals surface area contributed by atoms with Crippen molar-refractivity contribution in [1.29, 1.82) is 0 Å². The van der Waals surface area contributed by atoms with Crippen molar-refractivity contribution in [3.8, 4) is 0 Å². The first kappa shape index (κ1) is 17.7. The third-order valence-electron chi connectivity index (χ3n) is 5.47. The Morgan fingerprint density at radius 2 is 2.08 bits per heavy atom. The molecule has 6 nitrogen and oxygen atoms in total. The highest BCUT2D eigenvalue weighted by molar-refractivity contribution is 7.20. The number of hydrogen-bond donors (Lipinski definition) is 0. The van der Waals surface area contributed by atoms with Crippen LogP contribution in [-0.2, 0) is 17.7 Å². The van der Waals surface area contributed by atoms with Crippen LogP contribution < -0.4 is 5.56 Å². The van der Waals surface area contributed by atoms with Gasteiger partial charge in [-0.05, 0) is 39.2 Å². The van der Waals surface area contributed by atoms with E-state index in [0.717, 1.165) is 43.6 Å². The van der Waals surface area contributed by atoms with Crippen molar-refractivity contribution in [2.24, 2.45) is 0 Å². The lowest BCUT2D eigenvalue weighted by atomic mass is 10.1. The zero-order valence-corrected chi connectivity index (χ0v) is 16.4. The predicted octanol–water partition coefficient (Wildman–Crippen LogP) is 2.74. The van der Waals surface area contributed by atoms with Crippen LogP contribution in [0.3, 0.4) is 0 Å². The maximum atomic E-state index is 13.2. The molecule has 0 aliphatic carbocycles. The second-order valence-corrected chi connectivity index (χ2v) is 8.48. The number of rotatable bonds is 1. The van der Waals surface area contributed by atoms with Gasteiger partial charge in [-0.15, -0.1) is 11.3 Å². The van der Waals surface area contributed by atoms with Crippen molar-refractivity contribution in [3.05, 3.63) is 26.6 Å². The third-order valence-corrected chi connectivity index (χ3v) is 6.65. The van der Waals surface area contributed by atoms with Gasteiger partial charge in [-0.1, -0.05) is 6.42 Å². The smallest absolute Gasteiger partial charge is 0.264 e. The summed E-state index contributed by atoms with van der Waals surface area (Å²) in [6, 6.07) is 0.0362. The van der Waals surface area contributed by atoms with Crippen LogP contribution in [0.15, 0.2) is 4.79 Å². The molecule has 2 unspecified atom stereocenters. The summed E-state index contributed by atoms with van der Waals surface area (Å²) in [4.78, 5) is 34.2. The molecule has 0 N–H and O–H groups in total. The van der Waals surface area contributed by atoms with E-state index in [1.54, 1.807) is 0 Å². The van der Waals surface area contributed by atoms with E-state index >= 15 is 0 Å². The van der Waals surface area contributed by atoms with Crippen LogP contribution in [-0.4, -0.2) is 45.7 Å². The lowest BCUT2D eigenvalue weighted by Gasteiger charge is -2.36. The quantitative estimate of drug-likeness (QED) is 0.769. The molecule has 1 saturated heterocycles. The van der Waals surface area contributed by atoms with E-state index in [2.05, 4.69) is 0 Å². The molecule has 140 valence electrons. The minimum absolute atomic E-state index is 0.00672. The average molecular weight is 375 g/mol. The molecule has 0 saturated carbocycles. The van der Waals surface area contributed by atoms with Gasteiger partial charge in [0.1, 0.15) is 10.7 Å². The van der Waals surface area contributed by atoms with Gasteiger partial charge in [-0.3, -0.25) is 14.2 Å². The number of fused-ring (bicyclic) bond motifs is 2. The summed E-state index contributed by atoms with van der Waals surface area (Å²) in [5.74, 6) is 0.862. The van der Waals surface area contributed by atoms with Gasteiger partial charge in [-0.2, -0.15) is 0 Å². The molecule has 4 rings (SSSR count). The highest BCUT2D eigenvalue weighted by Gasteiger charge is 2.31. The molecule has 1 amide bonds. The standard InChI is InChI=1S/C19H25N3O3S/c1-11-10-25-12(2)9-22(11)19(24)16-13(3)15-17(26-16)20-14-7-5-4-6-8-21(14)18(15)23/h11-12H,4-10H2,1-3H3. The molecule has 4 heterocycles. The van der Waals surface area contributed by atoms with Gasteiger partial charge in [0.15, 0.2) is 0 Å². The Kier molecular flexibility index (Phi) is 4.61. The fourth-order valence-electron chi connectivity index (χ4n) is 3.93. The van der Waals surface area contributed by atoms with Gasteiger partial charge in [0.05, 0.1) is 29.0 Å². The first-order chi connectivity index (χ1) is 12.5. The van der Waals surface area contributed by atoms with E-state index in [1.165, 1.54) is 11.3 Å². The summed E-state index contributed by atoms with van der Waals surface area (Å²) in [5, 5.41) is 0.623. The largest absolute Gasteiger partial charge is 0.375 e. The van der Waals surface area contributed by atoms with Crippen LogP contribution in [0, 0.1) is 6.92 Å². The molecular formula is C19H25N3O3S. The number of carbonyl (C=O) groups is 1. The first-order valence-electron chi connectivity index (χ1n) is 9.42. The van der Waals surface area contributed by atoms with Gasteiger partial charge in [0.25, 0.3) is 11.5 Å². The minimum Gasteiger partial charge on any atom is -0.375 e. The summed E-state index contributed by atoms with van der Waals surface area (Å²) in [6.45, 7) is 7.72. The van der Waals surface area contributed by atoms with Crippen molar-refractivity contribution in [2.45, 2.75) is 65.1 Å². The fraction of sp³-hybridized carbons (Fsp3) is 0.632. The number of hydrogen-bond acceptors (Lipinski definition) is 5. The zero-order valence-electron chi connectivity index (χ0n) is 15.6. The maximum Gasteiger partial charge on any atom is 0.264 e. The number of carbonyl (C=O) groups excluding carboxylic acids is 1. The summed E-state index contributed by atoms with van der Waals surface area (Å²) >= 11 is 1.37. The molecule has 26 heavy (non-hydrogen) atoms. The SMILES string of the molecule is Cc1c(C(=O)N2CC(C)OCC2C)sc2nc3n(c(=O)c12)CCCCC3.